The Morgan fingerprint density at radius 3 is 2.79 bits per heavy atom. The van der Waals surface area contributed by atoms with Crippen molar-refractivity contribution in [3.8, 4) is 0 Å². The molecule has 0 aliphatic heterocycles. The van der Waals surface area contributed by atoms with Crippen LogP contribution < -0.4 is 5.32 Å². The quantitative estimate of drug-likeness (QED) is 0.822. The first-order chi connectivity index (χ1) is 9.22. The van der Waals surface area contributed by atoms with Gasteiger partial charge in [0, 0.05) is 11.7 Å². The zero-order valence-electron chi connectivity index (χ0n) is 10.9. The molecule has 3 aliphatic carbocycles. The van der Waals surface area contributed by atoms with Gasteiger partial charge in [0.25, 0.3) is 0 Å². The fourth-order valence-electron chi connectivity index (χ4n) is 5.03. The predicted octanol–water partition coefficient (Wildman–Crippen LogP) is 4.82. The molecule has 0 radical (unpaired) electrons. The van der Waals surface area contributed by atoms with Crippen LogP contribution in [0.4, 0.5) is 10.1 Å². The first kappa shape index (κ1) is 12.2. The van der Waals surface area contributed by atoms with E-state index in [9.17, 15) is 4.39 Å². The standard InChI is InChI=1S/C16H19BrFN/c17-14-5-4-10(8-15(14)18)19-16-7-9-6-13(16)12-3-1-2-11(9)12/h4-5,8-9,11-13,16,19H,1-3,6-7H2. The van der Waals surface area contributed by atoms with E-state index in [0.29, 0.717) is 10.5 Å². The lowest BCUT2D eigenvalue weighted by Crippen LogP contribution is -2.33. The Morgan fingerprint density at radius 1 is 1.11 bits per heavy atom. The van der Waals surface area contributed by atoms with Gasteiger partial charge in [-0.05, 0) is 83.5 Å². The number of hydrogen-bond acceptors (Lipinski definition) is 1. The molecule has 3 saturated carbocycles. The molecule has 1 N–H and O–H groups in total. The molecule has 3 heteroatoms. The molecule has 0 amide bonds. The molecule has 19 heavy (non-hydrogen) atoms. The van der Waals surface area contributed by atoms with Crippen molar-refractivity contribution < 1.29 is 4.39 Å². The number of fused-ring (bicyclic) bond motifs is 5. The Hall–Kier alpha value is -0.570. The molecule has 2 bridgehead atoms. The fourth-order valence-corrected chi connectivity index (χ4v) is 5.28. The van der Waals surface area contributed by atoms with Crippen LogP contribution in [-0.4, -0.2) is 6.04 Å². The zero-order valence-corrected chi connectivity index (χ0v) is 12.5. The molecule has 0 saturated heterocycles. The van der Waals surface area contributed by atoms with Gasteiger partial charge in [-0.2, -0.15) is 0 Å². The molecule has 102 valence electrons. The van der Waals surface area contributed by atoms with E-state index < -0.39 is 0 Å². The number of rotatable bonds is 2. The summed E-state index contributed by atoms with van der Waals surface area (Å²) in [5, 5.41) is 3.59. The van der Waals surface area contributed by atoms with Gasteiger partial charge in [0.2, 0.25) is 0 Å². The van der Waals surface area contributed by atoms with Gasteiger partial charge in [0.05, 0.1) is 4.47 Å². The Bertz CT molecular complexity index is 504. The first-order valence-corrected chi connectivity index (χ1v) is 8.23. The van der Waals surface area contributed by atoms with Crippen LogP contribution in [0.1, 0.15) is 32.1 Å². The summed E-state index contributed by atoms with van der Waals surface area (Å²) in [6.45, 7) is 0. The van der Waals surface area contributed by atoms with Crippen LogP contribution in [0.15, 0.2) is 22.7 Å². The van der Waals surface area contributed by atoms with Crippen LogP contribution in [0.3, 0.4) is 0 Å². The maximum absolute atomic E-state index is 13.6. The molecule has 4 rings (SSSR count). The molecule has 1 aromatic rings. The molecule has 3 fully saturated rings. The molecule has 5 unspecified atom stereocenters. The lowest BCUT2D eigenvalue weighted by molar-refractivity contribution is 0.243. The monoisotopic (exact) mass is 323 g/mol. The minimum Gasteiger partial charge on any atom is -0.382 e. The second-order valence-corrected chi connectivity index (χ2v) is 7.39. The summed E-state index contributed by atoms with van der Waals surface area (Å²) in [4.78, 5) is 0. The van der Waals surface area contributed by atoms with E-state index in [2.05, 4.69) is 21.2 Å². The summed E-state index contributed by atoms with van der Waals surface area (Å²) < 4.78 is 14.1. The molecule has 3 aliphatic rings. The van der Waals surface area contributed by atoms with Crippen LogP contribution in [0.25, 0.3) is 0 Å². The highest BCUT2D eigenvalue weighted by molar-refractivity contribution is 9.10. The number of nitrogens with one attached hydrogen (secondary N) is 1. The highest BCUT2D eigenvalue weighted by atomic mass is 79.9. The summed E-state index contributed by atoms with van der Waals surface area (Å²) in [6.07, 6.45) is 7.03. The van der Waals surface area contributed by atoms with Crippen molar-refractivity contribution >= 4 is 21.6 Å². The number of halogens is 2. The SMILES string of the molecule is Fc1cc(NC2CC3CC2C2CCCC32)ccc1Br. The first-order valence-electron chi connectivity index (χ1n) is 7.44. The van der Waals surface area contributed by atoms with Crippen molar-refractivity contribution in [1.29, 1.82) is 0 Å². The lowest BCUT2D eigenvalue weighted by Gasteiger charge is -2.32. The second-order valence-electron chi connectivity index (χ2n) is 6.53. The number of hydrogen-bond donors (Lipinski definition) is 1. The van der Waals surface area contributed by atoms with E-state index in [1.807, 2.05) is 6.07 Å². The van der Waals surface area contributed by atoms with Crippen molar-refractivity contribution in [2.24, 2.45) is 23.7 Å². The fraction of sp³-hybridized carbons (Fsp3) is 0.625. The lowest BCUT2D eigenvalue weighted by atomic mass is 9.79. The van der Waals surface area contributed by atoms with E-state index in [-0.39, 0.29) is 5.82 Å². The van der Waals surface area contributed by atoms with Crippen LogP contribution >= 0.6 is 15.9 Å². The average molecular weight is 324 g/mol. The smallest absolute Gasteiger partial charge is 0.139 e. The molecule has 1 nitrogen and oxygen atoms in total. The Morgan fingerprint density at radius 2 is 1.95 bits per heavy atom. The normalized spacial score (nSPS) is 39.6. The zero-order chi connectivity index (χ0) is 13.0. The third kappa shape index (κ3) is 1.93. The Kier molecular flexibility index (Phi) is 2.87. The molecule has 5 atom stereocenters. The molecular formula is C16H19BrFN. The predicted molar refractivity (Wildman–Crippen MR) is 78.6 cm³/mol. The minimum absolute atomic E-state index is 0.174. The molecule has 0 spiro atoms. The third-order valence-corrected chi connectivity index (χ3v) is 6.34. The summed E-state index contributed by atoms with van der Waals surface area (Å²) in [5.74, 6) is 3.58. The van der Waals surface area contributed by atoms with Crippen molar-refractivity contribution in [2.45, 2.75) is 38.1 Å². The summed E-state index contributed by atoms with van der Waals surface area (Å²) in [7, 11) is 0. The van der Waals surface area contributed by atoms with Gasteiger partial charge in [-0.1, -0.05) is 6.42 Å². The van der Waals surface area contributed by atoms with Gasteiger partial charge in [-0.15, -0.1) is 0 Å². The largest absolute Gasteiger partial charge is 0.382 e. The van der Waals surface area contributed by atoms with Crippen LogP contribution in [0.5, 0.6) is 0 Å². The average Bonchev–Trinajstić information content (AvgIpc) is 3.05. The maximum Gasteiger partial charge on any atom is 0.139 e. The highest BCUT2D eigenvalue weighted by Gasteiger charge is 2.53. The number of benzene rings is 1. The summed E-state index contributed by atoms with van der Waals surface area (Å²) in [5.41, 5.74) is 0.938. The van der Waals surface area contributed by atoms with E-state index in [4.69, 9.17) is 0 Å². The minimum atomic E-state index is -0.174. The summed E-state index contributed by atoms with van der Waals surface area (Å²) in [6, 6.07) is 5.96. The van der Waals surface area contributed by atoms with Crippen molar-refractivity contribution in [3.63, 3.8) is 0 Å². The van der Waals surface area contributed by atoms with Crippen molar-refractivity contribution in [3.05, 3.63) is 28.5 Å². The van der Waals surface area contributed by atoms with Crippen LogP contribution in [-0.2, 0) is 0 Å². The highest BCUT2D eigenvalue weighted by Crippen LogP contribution is 2.59. The van der Waals surface area contributed by atoms with Gasteiger partial charge in [-0.25, -0.2) is 4.39 Å². The third-order valence-electron chi connectivity index (χ3n) is 5.70. The Balaban J connectivity index is 1.51. The van der Waals surface area contributed by atoms with E-state index >= 15 is 0 Å². The molecule has 1 aromatic carbocycles. The van der Waals surface area contributed by atoms with Gasteiger partial charge >= 0.3 is 0 Å². The van der Waals surface area contributed by atoms with E-state index in [1.54, 1.807) is 12.1 Å². The molecular weight excluding hydrogens is 305 g/mol. The molecule has 0 heterocycles. The maximum atomic E-state index is 13.6. The van der Waals surface area contributed by atoms with Gasteiger partial charge in [0.1, 0.15) is 5.82 Å². The summed E-state index contributed by atoms with van der Waals surface area (Å²) >= 11 is 3.21. The van der Waals surface area contributed by atoms with Gasteiger partial charge in [0.15, 0.2) is 0 Å². The van der Waals surface area contributed by atoms with Crippen molar-refractivity contribution in [2.75, 3.05) is 5.32 Å². The molecule has 0 aromatic heterocycles. The van der Waals surface area contributed by atoms with Gasteiger partial charge < -0.3 is 5.32 Å². The van der Waals surface area contributed by atoms with E-state index in [0.717, 1.165) is 29.4 Å². The van der Waals surface area contributed by atoms with E-state index in [1.165, 1.54) is 32.1 Å². The Labute approximate surface area is 122 Å². The van der Waals surface area contributed by atoms with Gasteiger partial charge in [-0.3, -0.25) is 0 Å². The van der Waals surface area contributed by atoms with Crippen molar-refractivity contribution in [1.82, 2.24) is 0 Å². The van der Waals surface area contributed by atoms with Crippen LogP contribution in [0.2, 0.25) is 0 Å². The number of anilines is 1. The van der Waals surface area contributed by atoms with Crippen LogP contribution in [0, 0.1) is 29.5 Å². The topological polar surface area (TPSA) is 12.0 Å². The second kappa shape index (κ2) is 4.47.